The maximum Gasteiger partial charge on any atom is 0.119 e. The van der Waals surface area contributed by atoms with E-state index in [9.17, 15) is 0 Å². The molecule has 0 fully saturated rings. The molecule has 0 bridgehead atoms. The fourth-order valence-corrected chi connectivity index (χ4v) is 3.10. The summed E-state index contributed by atoms with van der Waals surface area (Å²) in [5.41, 5.74) is 3.14. The van der Waals surface area contributed by atoms with Gasteiger partial charge in [0, 0.05) is 19.2 Å². The summed E-state index contributed by atoms with van der Waals surface area (Å²) in [5.74, 6) is 0.956. The minimum atomic E-state index is 0.247. The van der Waals surface area contributed by atoms with Crippen LogP contribution in [0.3, 0.4) is 0 Å². The van der Waals surface area contributed by atoms with Crippen LogP contribution in [0.4, 0.5) is 0 Å². The van der Waals surface area contributed by atoms with Gasteiger partial charge >= 0.3 is 0 Å². The van der Waals surface area contributed by atoms with Gasteiger partial charge < -0.3 is 15.2 Å². The summed E-state index contributed by atoms with van der Waals surface area (Å²) in [6.07, 6.45) is 5.39. The molecule has 3 nitrogen and oxygen atoms in total. The molecule has 2 rings (SSSR count). The van der Waals surface area contributed by atoms with Gasteiger partial charge in [-0.2, -0.15) is 0 Å². The molecular formula is C18H29NO2. The molecule has 2 N–H and O–H groups in total. The van der Waals surface area contributed by atoms with Crippen LogP contribution in [0, 0.1) is 5.41 Å². The van der Waals surface area contributed by atoms with E-state index >= 15 is 0 Å². The molecule has 0 aromatic heterocycles. The Kier molecular flexibility index (Phi) is 5.65. The van der Waals surface area contributed by atoms with Crippen LogP contribution in [0.15, 0.2) is 18.2 Å². The van der Waals surface area contributed by atoms with Gasteiger partial charge in [-0.1, -0.05) is 19.9 Å². The van der Waals surface area contributed by atoms with Crippen LogP contribution in [0.5, 0.6) is 5.75 Å². The molecule has 1 aromatic carbocycles. The molecule has 3 heteroatoms. The van der Waals surface area contributed by atoms with Gasteiger partial charge in [-0.3, -0.25) is 0 Å². The third-order valence-corrected chi connectivity index (χ3v) is 4.52. The van der Waals surface area contributed by atoms with E-state index < -0.39 is 0 Å². The lowest BCUT2D eigenvalue weighted by molar-refractivity contribution is 0.229. The molecule has 0 spiro atoms. The van der Waals surface area contributed by atoms with Gasteiger partial charge in [0.15, 0.2) is 0 Å². The van der Waals surface area contributed by atoms with Crippen molar-refractivity contribution in [3.8, 4) is 5.75 Å². The quantitative estimate of drug-likeness (QED) is 0.811. The summed E-state index contributed by atoms with van der Waals surface area (Å²) in [5, 5.41) is 12.7. The molecule has 1 unspecified atom stereocenters. The van der Waals surface area contributed by atoms with Crippen molar-refractivity contribution in [1.82, 2.24) is 5.32 Å². The normalized spacial score (nSPS) is 18.4. The number of aliphatic hydroxyl groups excluding tert-OH is 1. The van der Waals surface area contributed by atoms with Crippen LogP contribution < -0.4 is 10.1 Å². The Labute approximate surface area is 128 Å². The number of aryl methyl sites for hydroxylation is 1. The molecule has 21 heavy (non-hydrogen) atoms. The van der Waals surface area contributed by atoms with Crippen molar-refractivity contribution in [3.63, 3.8) is 0 Å². The van der Waals surface area contributed by atoms with E-state index in [1.165, 1.54) is 17.5 Å². The first-order valence-corrected chi connectivity index (χ1v) is 8.04. The second kappa shape index (κ2) is 7.28. The van der Waals surface area contributed by atoms with Crippen LogP contribution in [-0.4, -0.2) is 31.4 Å². The molecule has 1 atom stereocenters. The van der Waals surface area contributed by atoms with Crippen LogP contribution in [0.25, 0.3) is 0 Å². The first-order chi connectivity index (χ1) is 10.0. The number of aliphatic hydroxyl groups is 1. The van der Waals surface area contributed by atoms with Crippen LogP contribution in [0.1, 0.15) is 44.2 Å². The van der Waals surface area contributed by atoms with Gasteiger partial charge in [-0.15, -0.1) is 0 Å². The Morgan fingerprint density at radius 3 is 2.86 bits per heavy atom. The molecule has 0 saturated heterocycles. The van der Waals surface area contributed by atoms with Crippen molar-refractivity contribution >= 4 is 0 Å². The SMILES string of the molecule is COc1ccc2c(c1)CC(NCC(C)(C)CCCO)CC2. The summed E-state index contributed by atoms with van der Waals surface area (Å²) >= 11 is 0. The summed E-state index contributed by atoms with van der Waals surface area (Å²) in [6, 6.07) is 7.00. The fraction of sp³-hybridized carbons (Fsp3) is 0.667. The van der Waals surface area contributed by atoms with Crippen LogP contribution in [0.2, 0.25) is 0 Å². The molecule has 0 aliphatic heterocycles. The summed E-state index contributed by atoms with van der Waals surface area (Å²) in [7, 11) is 1.73. The van der Waals surface area contributed by atoms with Gasteiger partial charge in [0.05, 0.1) is 7.11 Å². The van der Waals surface area contributed by atoms with Crippen LogP contribution >= 0.6 is 0 Å². The molecule has 1 aliphatic rings. The summed E-state index contributed by atoms with van der Waals surface area (Å²) < 4.78 is 5.33. The van der Waals surface area contributed by atoms with Crippen molar-refractivity contribution in [2.24, 2.45) is 5.41 Å². The number of hydrogen-bond donors (Lipinski definition) is 2. The van der Waals surface area contributed by atoms with Gasteiger partial charge in [0.25, 0.3) is 0 Å². The van der Waals surface area contributed by atoms with E-state index in [0.717, 1.165) is 38.0 Å². The van der Waals surface area contributed by atoms with Crippen molar-refractivity contribution in [3.05, 3.63) is 29.3 Å². The van der Waals surface area contributed by atoms with Gasteiger partial charge in [-0.25, -0.2) is 0 Å². The number of hydrogen-bond acceptors (Lipinski definition) is 3. The Morgan fingerprint density at radius 1 is 1.33 bits per heavy atom. The van der Waals surface area contributed by atoms with E-state index in [1.807, 2.05) is 0 Å². The topological polar surface area (TPSA) is 41.5 Å². The third kappa shape index (κ3) is 4.72. The number of benzene rings is 1. The molecular weight excluding hydrogens is 262 g/mol. The molecule has 1 aromatic rings. The monoisotopic (exact) mass is 291 g/mol. The average molecular weight is 291 g/mol. The number of fused-ring (bicyclic) bond motifs is 1. The Bertz CT molecular complexity index is 457. The zero-order chi connectivity index (χ0) is 15.3. The van der Waals surface area contributed by atoms with Crippen molar-refractivity contribution in [2.75, 3.05) is 20.3 Å². The number of nitrogens with one attached hydrogen (secondary N) is 1. The highest BCUT2D eigenvalue weighted by Crippen LogP contribution is 2.27. The van der Waals surface area contributed by atoms with E-state index in [1.54, 1.807) is 7.11 Å². The van der Waals surface area contributed by atoms with Gasteiger partial charge in [0.1, 0.15) is 5.75 Å². The molecule has 0 saturated carbocycles. The first-order valence-electron chi connectivity index (χ1n) is 8.04. The van der Waals surface area contributed by atoms with E-state index in [4.69, 9.17) is 9.84 Å². The predicted molar refractivity (Wildman–Crippen MR) is 86.9 cm³/mol. The first kappa shape index (κ1) is 16.3. The zero-order valence-corrected chi connectivity index (χ0v) is 13.6. The smallest absolute Gasteiger partial charge is 0.119 e. The number of methoxy groups -OCH3 is 1. The predicted octanol–water partition coefficient (Wildman–Crippen LogP) is 2.94. The Hall–Kier alpha value is -1.06. The molecule has 118 valence electrons. The maximum atomic E-state index is 8.97. The van der Waals surface area contributed by atoms with Crippen molar-refractivity contribution < 1.29 is 9.84 Å². The standard InChI is InChI=1S/C18H29NO2/c1-18(2,9-4-10-20)13-19-16-7-5-14-6-8-17(21-3)12-15(14)11-16/h6,8,12,16,19-20H,4-5,7,9-11,13H2,1-3H3. The summed E-state index contributed by atoms with van der Waals surface area (Å²) in [6.45, 7) is 5.85. The average Bonchev–Trinajstić information content (AvgIpc) is 2.50. The summed E-state index contributed by atoms with van der Waals surface area (Å²) in [4.78, 5) is 0. The second-order valence-corrected chi connectivity index (χ2v) is 6.95. The highest BCUT2D eigenvalue weighted by molar-refractivity contribution is 5.37. The highest BCUT2D eigenvalue weighted by Gasteiger charge is 2.22. The fourth-order valence-electron chi connectivity index (χ4n) is 3.10. The second-order valence-electron chi connectivity index (χ2n) is 6.95. The third-order valence-electron chi connectivity index (χ3n) is 4.52. The number of ether oxygens (including phenoxy) is 1. The molecule has 0 heterocycles. The maximum absolute atomic E-state index is 8.97. The van der Waals surface area contributed by atoms with Gasteiger partial charge in [0.2, 0.25) is 0 Å². The van der Waals surface area contributed by atoms with E-state index in [0.29, 0.717) is 12.6 Å². The van der Waals surface area contributed by atoms with Crippen molar-refractivity contribution in [2.45, 2.75) is 52.0 Å². The number of rotatable bonds is 7. The van der Waals surface area contributed by atoms with Crippen LogP contribution in [-0.2, 0) is 12.8 Å². The Morgan fingerprint density at radius 2 is 2.14 bits per heavy atom. The molecule has 1 aliphatic carbocycles. The van der Waals surface area contributed by atoms with Crippen molar-refractivity contribution in [1.29, 1.82) is 0 Å². The lowest BCUT2D eigenvalue weighted by atomic mass is 9.85. The lowest BCUT2D eigenvalue weighted by Gasteiger charge is -2.31. The molecule has 0 amide bonds. The minimum Gasteiger partial charge on any atom is -0.497 e. The molecule has 0 radical (unpaired) electrons. The van der Waals surface area contributed by atoms with Gasteiger partial charge in [-0.05, 0) is 60.8 Å². The van der Waals surface area contributed by atoms with E-state index in [-0.39, 0.29) is 5.41 Å². The lowest BCUT2D eigenvalue weighted by Crippen LogP contribution is -2.40. The largest absolute Gasteiger partial charge is 0.497 e. The zero-order valence-electron chi connectivity index (χ0n) is 13.6. The highest BCUT2D eigenvalue weighted by atomic mass is 16.5. The Balaban J connectivity index is 1.89. The minimum absolute atomic E-state index is 0.247. The van der Waals surface area contributed by atoms with E-state index in [2.05, 4.69) is 37.4 Å².